The summed E-state index contributed by atoms with van der Waals surface area (Å²) in [5.41, 5.74) is -0.324. The van der Waals surface area contributed by atoms with Crippen molar-refractivity contribution < 1.29 is 4.79 Å². The van der Waals surface area contributed by atoms with Crippen LogP contribution in [0.5, 0.6) is 0 Å². The molecule has 2 heterocycles. The van der Waals surface area contributed by atoms with E-state index < -0.39 is 0 Å². The van der Waals surface area contributed by atoms with Gasteiger partial charge in [-0.3, -0.25) is 18.7 Å². The van der Waals surface area contributed by atoms with Crippen LogP contribution in [0.1, 0.15) is 46.9 Å². The summed E-state index contributed by atoms with van der Waals surface area (Å²) in [5, 5.41) is 0. The fraction of sp³-hybridized carbons (Fsp3) is 0.647. The molecule has 0 saturated carbocycles. The average Bonchev–Trinajstić information content (AvgIpc) is 2.96. The van der Waals surface area contributed by atoms with E-state index in [1.165, 1.54) is 21.0 Å². The van der Waals surface area contributed by atoms with E-state index in [4.69, 9.17) is 0 Å². The van der Waals surface area contributed by atoms with Crippen LogP contribution < -0.4 is 11.2 Å². The van der Waals surface area contributed by atoms with Crippen molar-refractivity contribution in [2.75, 3.05) is 13.6 Å². The third-order valence-corrected chi connectivity index (χ3v) is 4.22. The first-order chi connectivity index (χ1) is 11.6. The molecule has 0 spiro atoms. The molecule has 0 aromatic carbocycles. The van der Waals surface area contributed by atoms with Crippen molar-refractivity contribution in [1.82, 2.24) is 24.0 Å². The number of H-pyrrole nitrogens is 1. The van der Waals surface area contributed by atoms with E-state index in [0.29, 0.717) is 36.5 Å². The van der Waals surface area contributed by atoms with E-state index in [9.17, 15) is 14.4 Å². The highest BCUT2D eigenvalue weighted by Crippen LogP contribution is 2.20. The van der Waals surface area contributed by atoms with Gasteiger partial charge in [0.25, 0.3) is 5.56 Å². The van der Waals surface area contributed by atoms with Gasteiger partial charge >= 0.3 is 5.69 Å². The van der Waals surface area contributed by atoms with Crippen molar-refractivity contribution >= 4 is 17.1 Å². The summed E-state index contributed by atoms with van der Waals surface area (Å²) in [5.74, 6) is 0.575. The molecule has 0 bridgehead atoms. The molecule has 138 valence electrons. The van der Waals surface area contributed by atoms with Gasteiger partial charge in [0.2, 0.25) is 5.91 Å². The fourth-order valence-electron chi connectivity index (χ4n) is 2.55. The first-order valence-electron chi connectivity index (χ1n) is 8.53. The molecule has 1 amide bonds. The standard InChI is InChI=1S/C17H27N5O3/c1-7-8-22-14(24)12-13(19-15(18-12)17(3,4)5)21(16(22)25)10-9-20(6)11(2)23/h7-10H2,1-6H3,(H,18,19). The van der Waals surface area contributed by atoms with E-state index in [0.717, 1.165) is 0 Å². The number of carbonyl (C=O) groups is 1. The number of aromatic nitrogens is 4. The predicted octanol–water partition coefficient (Wildman–Crippen LogP) is 1.07. The summed E-state index contributed by atoms with van der Waals surface area (Å²) in [6, 6.07) is 0. The van der Waals surface area contributed by atoms with Gasteiger partial charge in [-0.2, -0.15) is 0 Å². The molecule has 8 nitrogen and oxygen atoms in total. The summed E-state index contributed by atoms with van der Waals surface area (Å²) in [7, 11) is 1.68. The first kappa shape index (κ1) is 19.0. The summed E-state index contributed by atoms with van der Waals surface area (Å²) in [6.07, 6.45) is 0.675. The number of likely N-dealkylation sites (N-methyl/N-ethyl adjacent to an activating group) is 1. The van der Waals surface area contributed by atoms with E-state index >= 15 is 0 Å². The van der Waals surface area contributed by atoms with Gasteiger partial charge in [-0.25, -0.2) is 9.78 Å². The molecule has 0 saturated heterocycles. The SMILES string of the molecule is CCCn1c(=O)c2[nH]c(C(C)(C)C)nc2n(CCN(C)C(C)=O)c1=O. The molecule has 0 aliphatic rings. The number of amides is 1. The van der Waals surface area contributed by atoms with Gasteiger partial charge in [-0.05, 0) is 6.42 Å². The molecular weight excluding hydrogens is 322 g/mol. The predicted molar refractivity (Wildman–Crippen MR) is 96.9 cm³/mol. The molecule has 2 rings (SSSR count). The molecule has 8 heteroatoms. The molecule has 2 aromatic rings. The number of hydrogen-bond donors (Lipinski definition) is 1. The van der Waals surface area contributed by atoms with E-state index in [2.05, 4.69) is 9.97 Å². The molecule has 2 aromatic heterocycles. The number of fused-ring (bicyclic) bond motifs is 1. The number of imidazole rings is 1. The van der Waals surface area contributed by atoms with E-state index in [-0.39, 0.29) is 29.1 Å². The molecule has 1 N–H and O–H groups in total. The second-order valence-corrected chi connectivity index (χ2v) is 7.37. The Balaban J connectivity index is 2.68. The number of aromatic amines is 1. The minimum absolute atomic E-state index is 0.0800. The molecule has 0 aliphatic carbocycles. The van der Waals surface area contributed by atoms with Crippen LogP contribution >= 0.6 is 0 Å². The monoisotopic (exact) mass is 349 g/mol. The average molecular weight is 349 g/mol. The van der Waals surface area contributed by atoms with Crippen LogP contribution in [-0.2, 0) is 23.3 Å². The normalized spacial score (nSPS) is 11.9. The Morgan fingerprint density at radius 2 is 1.84 bits per heavy atom. The van der Waals surface area contributed by atoms with Crippen molar-refractivity contribution in [2.24, 2.45) is 0 Å². The van der Waals surface area contributed by atoms with Crippen molar-refractivity contribution in [3.63, 3.8) is 0 Å². The number of carbonyl (C=O) groups excluding carboxylic acids is 1. The Bertz CT molecular complexity index is 898. The van der Waals surface area contributed by atoms with Gasteiger partial charge in [-0.15, -0.1) is 0 Å². The lowest BCUT2D eigenvalue weighted by Crippen LogP contribution is -2.42. The maximum atomic E-state index is 12.8. The van der Waals surface area contributed by atoms with Crippen LogP contribution in [0.4, 0.5) is 0 Å². The number of rotatable bonds is 5. The number of nitrogens with one attached hydrogen (secondary N) is 1. The lowest BCUT2D eigenvalue weighted by atomic mass is 9.96. The molecule has 0 unspecified atom stereocenters. The Morgan fingerprint density at radius 3 is 2.36 bits per heavy atom. The number of nitrogens with zero attached hydrogens (tertiary/aromatic N) is 4. The van der Waals surface area contributed by atoms with Crippen LogP contribution in [0.15, 0.2) is 9.59 Å². The zero-order chi connectivity index (χ0) is 18.9. The lowest BCUT2D eigenvalue weighted by Gasteiger charge is -2.16. The van der Waals surface area contributed by atoms with Crippen LogP contribution in [0.2, 0.25) is 0 Å². The Kier molecular flexibility index (Phi) is 5.20. The van der Waals surface area contributed by atoms with Crippen LogP contribution in [0.25, 0.3) is 11.2 Å². The van der Waals surface area contributed by atoms with Gasteiger partial charge < -0.3 is 9.88 Å². The third kappa shape index (κ3) is 3.67. The van der Waals surface area contributed by atoms with Gasteiger partial charge in [0.05, 0.1) is 0 Å². The van der Waals surface area contributed by atoms with Gasteiger partial charge in [0, 0.05) is 39.0 Å². The highest BCUT2D eigenvalue weighted by molar-refractivity contribution is 5.73. The second-order valence-electron chi connectivity index (χ2n) is 7.37. The van der Waals surface area contributed by atoms with Gasteiger partial charge in [0.1, 0.15) is 11.3 Å². The summed E-state index contributed by atoms with van der Waals surface area (Å²) < 4.78 is 2.72. The van der Waals surface area contributed by atoms with Crippen molar-refractivity contribution in [1.29, 1.82) is 0 Å². The maximum absolute atomic E-state index is 12.8. The number of hydrogen-bond acceptors (Lipinski definition) is 4. The van der Waals surface area contributed by atoms with Crippen molar-refractivity contribution in [2.45, 2.75) is 59.5 Å². The molecule has 0 atom stereocenters. The molecule has 0 fully saturated rings. The highest BCUT2D eigenvalue weighted by atomic mass is 16.2. The molecule has 0 aliphatic heterocycles. The zero-order valence-corrected chi connectivity index (χ0v) is 15.8. The van der Waals surface area contributed by atoms with Crippen molar-refractivity contribution in [3.05, 3.63) is 26.7 Å². The highest BCUT2D eigenvalue weighted by Gasteiger charge is 2.23. The van der Waals surface area contributed by atoms with E-state index in [1.54, 1.807) is 7.05 Å². The van der Waals surface area contributed by atoms with Crippen LogP contribution in [0, 0.1) is 0 Å². The fourth-order valence-corrected chi connectivity index (χ4v) is 2.55. The lowest BCUT2D eigenvalue weighted by molar-refractivity contribution is -0.127. The van der Waals surface area contributed by atoms with Crippen LogP contribution in [-0.4, -0.2) is 43.5 Å². The minimum Gasteiger partial charge on any atom is -0.344 e. The van der Waals surface area contributed by atoms with Gasteiger partial charge in [-0.1, -0.05) is 27.7 Å². The topological polar surface area (TPSA) is 93.0 Å². The molecule has 25 heavy (non-hydrogen) atoms. The molecular formula is C17H27N5O3. The summed E-state index contributed by atoms with van der Waals surface area (Å²) in [4.78, 5) is 46.1. The first-order valence-corrected chi connectivity index (χ1v) is 8.53. The van der Waals surface area contributed by atoms with Crippen LogP contribution in [0.3, 0.4) is 0 Å². The smallest absolute Gasteiger partial charge is 0.332 e. The minimum atomic E-state index is -0.386. The third-order valence-electron chi connectivity index (χ3n) is 4.22. The van der Waals surface area contributed by atoms with Gasteiger partial charge in [0.15, 0.2) is 5.65 Å². The maximum Gasteiger partial charge on any atom is 0.332 e. The zero-order valence-electron chi connectivity index (χ0n) is 15.8. The second kappa shape index (κ2) is 6.85. The largest absolute Gasteiger partial charge is 0.344 e. The molecule has 0 radical (unpaired) electrons. The summed E-state index contributed by atoms with van der Waals surface area (Å²) >= 11 is 0. The van der Waals surface area contributed by atoms with E-state index in [1.807, 2.05) is 27.7 Å². The summed E-state index contributed by atoms with van der Waals surface area (Å²) in [6.45, 7) is 10.3. The Labute approximate surface area is 146 Å². The quantitative estimate of drug-likeness (QED) is 0.874. The Hall–Kier alpha value is -2.38. The van der Waals surface area contributed by atoms with Crippen molar-refractivity contribution in [3.8, 4) is 0 Å². The Morgan fingerprint density at radius 1 is 1.20 bits per heavy atom.